The maximum Gasteiger partial charge on any atom is -0.0254 e. The molecule has 0 aliphatic carbocycles. The van der Waals surface area contributed by atoms with Gasteiger partial charge in [-0.05, 0) is 42.4 Å². The molecule has 0 heteroatoms. The van der Waals surface area contributed by atoms with Crippen LogP contribution in [0.5, 0.6) is 0 Å². The lowest BCUT2D eigenvalue weighted by Gasteiger charge is -2.11. The highest BCUT2D eigenvalue weighted by Crippen LogP contribution is 2.23. The van der Waals surface area contributed by atoms with Crippen molar-refractivity contribution in [2.75, 3.05) is 0 Å². The maximum atomic E-state index is 2.38. The first-order valence-corrected chi connectivity index (χ1v) is 7.26. The molecule has 0 bridgehead atoms. The first kappa shape index (κ1) is 14.8. The lowest BCUT2D eigenvalue weighted by molar-refractivity contribution is 0.787. The van der Waals surface area contributed by atoms with Crippen LogP contribution in [0.25, 0.3) is 6.08 Å². The van der Waals surface area contributed by atoms with E-state index in [2.05, 4.69) is 63.3 Å². The molecular weight excluding hydrogens is 216 g/mol. The highest BCUT2D eigenvalue weighted by atomic mass is 14.1. The summed E-state index contributed by atoms with van der Waals surface area (Å²) < 4.78 is 0. The largest absolute Gasteiger partial charge is 0.0813 e. The molecule has 0 radical (unpaired) electrons. The molecule has 0 aliphatic rings. The van der Waals surface area contributed by atoms with E-state index in [1.165, 1.54) is 36.0 Å². The topological polar surface area (TPSA) is 0 Å². The van der Waals surface area contributed by atoms with Gasteiger partial charge in [-0.25, -0.2) is 0 Å². The molecule has 1 aromatic rings. The van der Waals surface area contributed by atoms with Gasteiger partial charge in [0, 0.05) is 0 Å². The zero-order valence-corrected chi connectivity index (χ0v) is 12.1. The standard InChI is InChI=1S/C18H26/c1-4-7-14-18(17(6-3)11-5-2)15-16-12-9-8-10-13-16/h8-13,15H,4-7,14H2,1-3H3/b17-11-,18-15-. The summed E-state index contributed by atoms with van der Waals surface area (Å²) in [5.74, 6) is 0. The number of hydrogen-bond donors (Lipinski definition) is 0. The average Bonchev–Trinajstić information content (AvgIpc) is 2.42. The third-order valence-electron chi connectivity index (χ3n) is 3.18. The predicted octanol–water partition coefficient (Wildman–Crippen LogP) is 6.01. The lowest BCUT2D eigenvalue weighted by Crippen LogP contribution is -1.90. The SMILES string of the molecule is CC/C=C(CC)\C(=C/c1ccccc1)CCCC. The molecule has 0 nitrogen and oxygen atoms in total. The smallest absolute Gasteiger partial charge is 0.0254 e. The second-order valence-electron chi connectivity index (χ2n) is 4.67. The summed E-state index contributed by atoms with van der Waals surface area (Å²) in [4.78, 5) is 0. The van der Waals surface area contributed by atoms with Crippen molar-refractivity contribution >= 4 is 6.08 Å². The summed E-state index contributed by atoms with van der Waals surface area (Å²) in [7, 11) is 0. The molecule has 0 fully saturated rings. The Hall–Kier alpha value is -1.30. The molecule has 0 N–H and O–H groups in total. The molecule has 1 rings (SSSR count). The first-order chi connectivity index (χ1) is 8.81. The summed E-state index contributed by atoms with van der Waals surface area (Å²) in [5.41, 5.74) is 4.36. The highest BCUT2D eigenvalue weighted by Gasteiger charge is 2.03. The first-order valence-electron chi connectivity index (χ1n) is 7.26. The van der Waals surface area contributed by atoms with Gasteiger partial charge in [-0.1, -0.05) is 69.7 Å². The quantitative estimate of drug-likeness (QED) is 0.514. The fraction of sp³-hybridized carbons (Fsp3) is 0.444. The average molecular weight is 242 g/mol. The molecule has 0 atom stereocenters. The molecule has 0 saturated carbocycles. The molecule has 0 aromatic heterocycles. The van der Waals surface area contributed by atoms with E-state index in [0.717, 1.165) is 12.8 Å². The summed E-state index contributed by atoms with van der Waals surface area (Å²) >= 11 is 0. The van der Waals surface area contributed by atoms with Gasteiger partial charge in [0.1, 0.15) is 0 Å². The van der Waals surface area contributed by atoms with Crippen LogP contribution < -0.4 is 0 Å². The fourth-order valence-corrected chi connectivity index (χ4v) is 2.19. The Morgan fingerprint density at radius 3 is 2.28 bits per heavy atom. The second-order valence-corrected chi connectivity index (χ2v) is 4.67. The van der Waals surface area contributed by atoms with E-state index in [-0.39, 0.29) is 0 Å². The van der Waals surface area contributed by atoms with Gasteiger partial charge in [0.25, 0.3) is 0 Å². The van der Waals surface area contributed by atoms with Crippen molar-refractivity contribution in [1.82, 2.24) is 0 Å². The molecule has 98 valence electrons. The summed E-state index contributed by atoms with van der Waals surface area (Å²) in [5, 5.41) is 0. The normalized spacial score (nSPS) is 12.8. The van der Waals surface area contributed by atoms with Crippen LogP contribution in [0.4, 0.5) is 0 Å². The summed E-state index contributed by atoms with van der Waals surface area (Å²) in [6.45, 7) is 6.73. The van der Waals surface area contributed by atoms with Crippen molar-refractivity contribution in [3.05, 3.63) is 53.1 Å². The maximum absolute atomic E-state index is 2.38. The third kappa shape index (κ3) is 4.91. The van der Waals surface area contributed by atoms with Crippen molar-refractivity contribution in [3.8, 4) is 0 Å². The summed E-state index contributed by atoms with van der Waals surface area (Å²) in [6, 6.07) is 10.7. The van der Waals surface area contributed by atoms with E-state index >= 15 is 0 Å². The molecular formula is C18H26. The highest BCUT2D eigenvalue weighted by molar-refractivity contribution is 5.58. The van der Waals surface area contributed by atoms with Gasteiger partial charge in [-0.15, -0.1) is 0 Å². The Balaban J connectivity index is 2.96. The van der Waals surface area contributed by atoms with Crippen LogP contribution >= 0.6 is 0 Å². The Morgan fingerprint density at radius 2 is 1.72 bits per heavy atom. The molecule has 0 spiro atoms. The minimum absolute atomic E-state index is 1.13. The number of unbranched alkanes of at least 4 members (excludes halogenated alkanes) is 1. The van der Waals surface area contributed by atoms with E-state index in [1.807, 2.05) is 0 Å². The number of allylic oxidation sites excluding steroid dienone is 3. The van der Waals surface area contributed by atoms with Gasteiger partial charge in [-0.3, -0.25) is 0 Å². The zero-order valence-electron chi connectivity index (χ0n) is 12.1. The minimum atomic E-state index is 1.13. The number of hydrogen-bond acceptors (Lipinski definition) is 0. The van der Waals surface area contributed by atoms with Crippen molar-refractivity contribution in [1.29, 1.82) is 0 Å². The third-order valence-corrected chi connectivity index (χ3v) is 3.18. The Bertz CT molecular complexity index is 382. The van der Waals surface area contributed by atoms with E-state index in [9.17, 15) is 0 Å². The van der Waals surface area contributed by atoms with Crippen molar-refractivity contribution in [3.63, 3.8) is 0 Å². The zero-order chi connectivity index (χ0) is 13.2. The Morgan fingerprint density at radius 1 is 1.00 bits per heavy atom. The molecule has 18 heavy (non-hydrogen) atoms. The van der Waals surface area contributed by atoms with Crippen LogP contribution in [0.3, 0.4) is 0 Å². The van der Waals surface area contributed by atoms with E-state index < -0.39 is 0 Å². The van der Waals surface area contributed by atoms with Gasteiger partial charge in [0.2, 0.25) is 0 Å². The van der Waals surface area contributed by atoms with Crippen LogP contribution in [0.1, 0.15) is 58.4 Å². The van der Waals surface area contributed by atoms with Crippen molar-refractivity contribution in [2.24, 2.45) is 0 Å². The van der Waals surface area contributed by atoms with E-state index in [0.29, 0.717) is 0 Å². The number of benzene rings is 1. The van der Waals surface area contributed by atoms with Gasteiger partial charge < -0.3 is 0 Å². The molecule has 0 saturated heterocycles. The Labute approximate surface area is 112 Å². The van der Waals surface area contributed by atoms with Crippen molar-refractivity contribution in [2.45, 2.75) is 52.9 Å². The summed E-state index contributed by atoms with van der Waals surface area (Å²) in [6.07, 6.45) is 10.7. The molecule has 0 heterocycles. The molecule has 0 unspecified atom stereocenters. The monoisotopic (exact) mass is 242 g/mol. The molecule has 0 amide bonds. The van der Waals surface area contributed by atoms with Crippen LogP contribution in [0.15, 0.2) is 47.6 Å². The van der Waals surface area contributed by atoms with Gasteiger partial charge in [0.05, 0.1) is 0 Å². The minimum Gasteiger partial charge on any atom is -0.0813 e. The van der Waals surface area contributed by atoms with Gasteiger partial charge in [0.15, 0.2) is 0 Å². The second kappa shape index (κ2) is 8.74. The Kier molecular flexibility index (Phi) is 7.17. The van der Waals surface area contributed by atoms with Crippen LogP contribution in [0, 0.1) is 0 Å². The number of rotatable bonds is 7. The van der Waals surface area contributed by atoms with Crippen LogP contribution in [0.2, 0.25) is 0 Å². The molecule has 0 aliphatic heterocycles. The van der Waals surface area contributed by atoms with E-state index in [1.54, 1.807) is 0 Å². The van der Waals surface area contributed by atoms with Gasteiger partial charge >= 0.3 is 0 Å². The van der Waals surface area contributed by atoms with E-state index in [4.69, 9.17) is 0 Å². The fourth-order valence-electron chi connectivity index (χ4n) is 2.19. The van der Waals surface area contributed by atoms with Gasteiger partial charge in [-0.2, -0.15) is 0 Å². The lowest BCUT2D eigenvalue weighted by atomic mass is 9.95. The van der Waals surface area contributed by atoms with Crippen LogP contribution in [-0.4, -0.2) is 0 Å². The van der Waals surface area contributed by atoms with Crippen molar-refractivity contribution < 1.29 is 0 Å². The molecule has 1 aromatic carbocycles. The predicted molar refractivity (Wildman–Crippen MR) is 82.6 cm³/mol. The van der Waals surface area contributed by atoms with Crippen LogP contribution in [-0.2, 0) is 0 Å².